The van der Waals surface area contributed by atoms with Crippen LogP contribution in [0.25, 0.3) is 0 Å². The van der Waals surface area contributed by atoms with Gasteiger partial charge in [0.05, 0.1) is 19.8 Å². The molecule has 3 aliphatic rings. The Labute approximate surface area is 203 Å². The van der Waals surface area contributed by atoms with Crippen molar-refractivity contribution in [1.82, 2.24) is 19.8 Å². The summed E-state index contributed by atoms with van der Waals surface area (Å²) in [6, 6.07) is 10.9. The van der Waals surface area contributed by atoms with Crippen LogP contribution in [0.1, 0.15) is 31.2 Å². The highest BCUT2D eigenvalue weighted by Crippen LogP contribution is 2.23. The number of likely N-dealkylation sites (tertiary alicyclic amines) is 1. The van der Waals surface area contributed by atoms with Crippen molar-refractivity contribution in [3.8, 4) is 0 Å². The quantitative estimate of drug-likeness (QED) is 0.533. The van der Waals surface area contributed by atoms with E-state index in [1.54, 1.807) is 0 Å². The number of methoxy groups -OCH3 is 1. The Balaban J connectivity index is 1.11. The van der Waals surface area contributed by atoms with Crippen molar-refractivity contribution in [2.75, 3.05) is 72.6 Å². The number of ether oxygens (including phenoxy) is 2. The summed E-state index contributed by atoms with van der Waals surface area (Å²) in [5.74, 6) is 0.642. The summed E-state index contributed by atoms with van der Waals surface area (Å²) >= 11 is 0. The Morgan fingerprint density at radius 3 is 2.15 bits per heavy atom. The normalized spacial score (nSPS) is 22.1. The first-order valence-electron chi connectivity index (χ1n) is 12.8. The van der Waals surface area contributed by atoms with Crippen LogP contribution in [0.4, 0.5) is 0 Å². The number of esters is 1. The number of nitrogens with zero attached hydrogens (tertiary/aromatic N) is 4. The van der Waals surface area contributed by atoms with Crippen LogP contribution in [0.15, 0.2) is 30.3 Å². The van der Waals surface area contributed by atoms with Crippen LogP contribution in [0.3, 0.4) is 0 Å². The second-order valence-electron chi connectivity index (χ2n) is 9.78. The molecule has 3 heterocycles. The van der Waals surface area contributed by atoms with Crippen molar-refractivity contribution in [3.05, 3.63) is 35.9 Å². The SMILES string of the molecule is COC(=O)COC1CCN(C(=O)CN2CCN(N3CCC(Cc4ccccc4)CC3)CC2)CC1. The molecule has 34 heavy (non-hydrogen) atoms. The molecule has 0 N–H and O–H groups in total. The van der Waals surface area contributed by atoms with Gasteiger partial charge in [-0.05, 0) is 43.6 Å². The third kappa shape index (κ3) is 7.25. The molecular weight excluding hydrogens is 432 g/mol. The highest BCUT2D eigenvalue weighted by Gasteiger charge is 2.29. The molecule has 3 saturated heterocycles. The van der Waals surface area contributed by atoms with Crippen LogP contribution in [-0.2, 0) is 25.5 Å². The molecule has 0 atom stereocenters. The first kappa shape index (κ1) is 25.1. The summed E-state index contributed by atoms with van der Waals surface area (Å²) in [6.45, 7) is 8.05. The average Bonchev–Trinajstić information content (AvgIpc) is 2.89. The number of piperidine rings is 2. The fourth-order valence-corrected chi connectivity index (χ4v) is 5.34. The molecule has 8 heteroatoms. The van der Waals surface area contributed by atoms with Gasteiger partial charge in [-0.25, -0.2) is 14.8 Å². The zero-order valence-corrected chi connectivity index (χ0v) is 20.6. The van der Waals surface area contributed by atoms with E-state index in [2.05, 4.69) is 50.0 Å². The van der Waals surface area contributed by atoms with Crippen LogP contribution >= 0.6 is 0 Å². The molecule has 3 aliphatic heterocycles. The van der Waals surface area contributed by atoms with E-state index in [4.69, 9.17) is 4.74 Å². The van der Waals surface area contributed by atoms with Gasteiger partial charge >= 0.3 is 5.97 Å². The lowest BCUT2D eigenvalue weighted by Crippen LogP contribution is -2.57. The Bertz CT molecular complexity index is 768. The van der Waals surface area contributed by atoms with E-state index in [9.17, 15) is 9.59 Å². The zero-order chi connectivity index (χ0) is 23.8. The molecule has 0 unspecified atom stereocenters. The molecule has 4 rings (SSSR count). The summed E-state index contributed by atoms with van der Waals surface area (Å²) in [5, 5.41) is 5.05. The van der Waals surface area contributed by atoms with Gasteiger partial charge in [0.25, 0.3) is 0 Å². The Hall–Kier alpha value is -2.00. The molecule has 1 aromatic rings. The van der Waals surface area contributed by atoms with Crippen LogP contribution in [0, 0.1) is 5.92 Å². The molecule has 0 bridgehead atoms. The number of carbonyl (C=O) groups is 2. The number of carbonyl (C=O) groups excluding carboxylic acids is 2. The summed E-state index contributed by atoms with van der Waals surface area (Å²) in [5.41, 5.74) is 1.46. The first-order chi connectivity index (χ1) is 16.6. The second kappa shape index (κ2) is 12.6. The third-order valence-electron chi connectivity index (χ3n) is 7.52. The number of amides is 1. The van der Waals surface area contributed by atoms with Crippen molar-refractivity contribution in [3.63, 3.8) is 0 Å². The van der Waals surface area contributed by atoms with E-state index < -0.39 is 0 Å². The van der Waals surface area contributed by atoms with Gasteiger partial charge in [-0.2, -0.15) is 0 Å². The minimum absolute atomic E-state index is 0.00983. The van der Waals surface area contributed by atoms with Crippen molar-refractivity contribution in [1.29, 1.82) is 0 Å². The topological polar surface area (TPSA) is 65.6 Å². The van der Waals surface area contributed by atoms with Crippen molar-refractivity contribution >= 4 is 11.9 Å². The fraction of sp³-hybridized carbons (Fsp3) is 0.692. The number of hydrazine groups is 1. The van der Waals surface area contributed by atoms with Gasteiger partial charge in [0.2, 0.25) is 5.91 Å². The van der Waals surface area contributed by atoms with Crippen molar-refractivity contribution < 1.29 is 19.1 Å². The summed E-state index contributed by atoms with van der Waals surface area (Å²) < 4.78 is 10.2. The smallest absolute Gasteiger partial charge is 0.331 e. The molecule has 1 amide bonds. The van der Waals surface area contributed by atoms with Gasteiger partial charge in [0, 0.05) is 52.4 Å². The number of piperazine rings is 1. The first-order valence-corrected chi connectivity index (χ1v) is 12.8. The molecule has 8 nitrogen and oxygen atoms in total. The lowest BCUT2D eigenvalue weighted by atomic mass is 9.91. The predicted octanol–water partition coefficient (Wildman–Crippen LogP) is 1.65. The van der Waals surface area contributed by atoms with Gasteiger partial charge in [0.1, 0.15) is 6.61 Å². The van der Waals surface area contributed by atoms with Gasteiger partial charge in [-0.15, -0.1) is 0 Å². The maximum atomic E-state index is 12.8. The van der Waals surface area contributed by atoms with E-state index in [1.165, 1.54) is 31.9 Å². The Morgan fingerprint density at radius 2 is 1.50 bits per heavy atom. The molecular formula is C26H40N4O4. The van der Waals surface area contributed by atoms with Crippen molar-refractivity contribution in [2.24, 2.45) is 5.92 Å². The number of hydrogen-bond acceptors (Lipinski definition) is 7. The maximum Gasteiger partial charge on any atom is 0.331 e. The highest BCUT2D eigenvalue weighted by molar-refractivity contribution is 5.78. The lowest BCUT2D eigenvalue weighted by molar-refractivity contribution is -0.150. The number of hydrogen-bond donors (Lipinski definition) is 0. The average molecular weight is 473 g/mol. The summed E-state index contributed by atoms with van der Waals surface area (Å²) in [7, 11) is 1.36. The second-order valence-corrected chi connectivity index (χ2v) is 9.78. The van der Waals surface area contributed by atoms with Gasteiger partial charge < -0.3 is 14.4 Å². The zero-order valence-electron chi connectivity index (χ0n) is 20.6. The highest BCUT2D eigenvalue weighted by atomic mass is 16.6. The standard InChI is InChI=1S/C26H40N4O4/c1-33-26(32)21-34-24-9-11-28(12-10-24)25(31)20-27-15-17-30(18-16-27)29-13-7-23(8-14-29)19-22-5-3-2-4-6-22/h2-6,23-24H,7-21H2,1H3. The number of benzene rings is 1. The predicted molar refractivity (Wildman–Crippen MR) is 130 cm³/mol. The third-order valence-corrected chi connectivity index (χ3v) is 7.52. The van der Waals surface area contributed by atoms with Crippen LogP contribution < -0.4 is 0 Å². The fourth-order valence-electron chi connectivity index (χ4n) is 5.34. The molecule has 188 valence electrons. The molecule has 3 fully saturated rings. The maximum absolute atomic E-state index is 12.8. The minimum Gasteiger partial charge on any atom is -0.467 e. The van der Waals surface area contributed by atoms with E-state index in [0.717, 1.165) is 58.0 Å². The number of rotatable bonds is 8. The summed E-state index contributed by atoms with van der Waals surface area (Å²) in [6.07, 6.45) is 5.29. The van der Waals surface area contributed by atoms with Crippen LogP contribution in [0.5, 0.6) is 0 Å². The Kier molecular flexibility index (Phi) is 9.33. The molecule has 0 radical (unpaired) electrons. The summed E-state index contributed by atoms with van der Waals surface area (Å²) in [4.78, 5) is 28.3. The van der Waals surface area contributed by atoms with Gasteiger partial charge in [-0.1, -0.05) is 30.3 Å². The van der Waals surface area contributed by atoms with Crippen LogP contribution in [0.2, 0.25) is 0 Å². The lowest BCUT2D eigenvalue weighted by Gasteiger charge is -2.44. The molecule has 0 spiro atoms. The molecule has 0 aliphatic carbocycles. The molecule has 0 aromatic heterocycles. The molecule has 1 aromatic carbocycles. The monoisotopic (exact) mass is 472 g/mol. The van der Waals surface area contributed by atoms with Gasteiger partial charge in [0.15, 0.2) is 0 Å². The van der Waals surface area contributed by atoms with E-state index in [0.29, 0.717) is 19.6 Å². The van der Waals surface area contributed by atoms with E-state index in [-0.39, 0.29) is 24.6 Å². The van der Waals surface area contributed by atoms with Crippen LogP contribution in [-0.4, -0.2) is 110 Å². The van der Waals surface area contributed by atoms with Crippen molar-refractivity contribution in [2.45, 2.75) is 38.2 Å². The Morgan fingerprint density at radius 1 is 0.853 bits per heavy atom. The van der Waals surface area contributed by atoms with E-state index >= 15 is 0 Å². The van der Waals surface area contributed by atoms with E-state index in [1.807, 2.05) is 4.90 Å². The molecule has 0 saturated carbocycles. The van der Waals surface area contributed by atoms with Gasteiger partial charge in [-0.3, -0.25) is 9.69 Å². The largest absolute Gasteiger partial charge is 0.467 e. The minimum atomic E-state index is -0.353.